The smallest absolute Gasteiger partial charge is 0.338 e. The van der Waals surface area contributed by atoms with Crippen molar-refractivity contribution in [2.24, 2.45) is 0 Å². The number of rotatable bonds is 10. The van der Waals surface area contributed by atoms with Crippen LogP contribution in [0.1, 0.15) is 45.4 Å². The second kappa shape index (κ2) is 12.1. The van der Waals surface area contributed by atoms with E-state index in [1.165, 1.54) is 45.6 Å². The highest BCUT2D eigenvalue weighted by atomic mass is 16.5. The van der Waals surface area contributed by atoms with Crippen molar-refractivity contribution in [1.82, 2.24) is 0 Å². The molecule has 0 radical (unpaired) electrons. The van der Waals surface area contributed by atoms with Crippen LogP contribution in [0.5, 0.6) is 0 Å². The monoisotopic (exact) mass is 298 g/mol. The Hall–Kier alpha value is -1.62. The number of aliphatic hydroxyl groups is 1. The lowest BCUT2D eigenvalue weighted by molar-refractivity contribution is -0.138. The van der Waals surface area contributed by atoms with Crippen LogP contribution in [0.4, 0.5) is 0 Å². The Balaban J connectivity index is 4.39. The molecule has 0 rings (SSSR count). The summed E-state index contributed by atoms with van der Waals surface area (Å²) in [6.07, 6.45) is 9.48. The average Bonchev–Trinajstić information content (AvgIpc) is 2.49. The highest BCUT2D eigenvalue weighted by Crippen LogP contribution is 2.09. The summed E-state index contributed by atoms with van der Waals surface area (Å²) >= 11 is 0. The summed E-state index contributed by atoms with van der Waals surface area (Å²) in [6, 6.07) is 0. The Morgan fingerprint density at radius 2 is 1.76 bits per heavy atom. The molecule has 0 spiro atoms. The van der Waals surface area contributed by atoms with E-state index < -0.39 is 18.0 Å². The predicted octanol–water partition coefficient (Wildman–Crippen LogP) is 2.54. The van der Waals surface area contributed by atoms with Gasteiger partial charge in [0.2, 0.25) is 0 Å². The third-order valence-corrected chi connectivity index (χ3v) is 3.00. The van der Waals surface area contributed by atoms with Gasteiger partial charge in [-0.2, -0.15) is 0 Å². The molecule has 5 heteroatoms. The standard InChI is InChI=1S/C16H26O5/c1-4-5-6-7-8-9-14(17)11-10-13(16(19)21-3)12-15(18)20-2/h10-12,14,17H,4-9H2,1-3H3/b11-10+,13-12?. The summed E-state index contributed by atoms with van der Waals surface area (Å²) in [4.78, 5) is 22.6. The summed E-state index contributed by atoms with van der Waals surface area (Å²) in [7, 11) is 2.45. The van der Waals surface area contributed by atoms with E-state index in [4.69, 9.17) is 0 Å². The first-order valence-corrected chi connectivity index (χ1v) is 7.29. The molecular weight excluding hydrogens is 272 g/mol. The first-order chi connectivity index (χ1) is 10.0. The zero-order chi connectivity index (χ0) is 16.1. The molecule has 0 aromatic heterocycles. The molecule has 21 heavy (non-hydrogen) atoms. The minimum Gasteiger partial charge on any atom is -0.466 e. The molecular formula is C16H26O5. The van der Waals surface area contributed by atoms with Gasteiger partial charge in [-0.3, -0.25) is 0 Å². The summed E-state index contributed by atoms with van der Waals surface area (Å²) in [5.41, 5.74) is 0.0504. The molecule has 0 aliphatic carbocycles. The van der Waals surface area contributed by atoms with E-state index in [2.05, 4.69) is 16.4 Å². The molecule has 1 atom stereocenters. The number of unbranched alkanes of at least 4 members (excludes halogenated alkanes) is 4. The summed E-state index contributed by atoms with van der Waals surface area (Å²) in [5.74, 6) is -1.29. The van der Waals surface area contributed by atoms with E-state index >= 15 is 0 Å². The Labute approximate surface area is 126 Å². The van der Waals surface area contributed by atoms with Crippen molar-refractivity contribution >= 4 is 11.9 Å². The number of methoxy groups -OCH3 is 2. The van der Waals surface area contributed by atoms with Crippen molar-refractivity contribution in [3.63, 3.8) is 0 Å². The van der Waals surface area contributed by atoms with Crippen LogP contribution < -0.4 is 0 Å². The lowest BCUT2D eigenvalue weighted by Crippen LogP contribution is -2.08. The molecule has 0 fully saturated rings. The number of hydrogen-bond acceptors (Lipinski definition) is 5. The Morgan fingerprint density at radius 3 is 2.33 bits per heavy atom. The maximum Gasteiger partial charge on any atom is 0.338 e. The normalized spacial score (nSPS) is 13.2. The fraction of sp³-hybridized carbons (Fsp3) is 0.625. The maximum atomic E-state index is 11.5. The molecule has 0 aliphatic rings. The number of esters is 2. The fourth-order valence-corrected chi connectivity index (χ4v) is 1.75. The molecule has 0 amide bonds. The zero-order valence-electron chi connectivity index (χ0n) is 13.1. The third-order valence-electron chi connectivity index (χ3n) is 3.00. The van der Waals surface area contributed by atoms with Gasteiger partial charge in [0.15, 0.2) is 0 Å². The first-order valence-electron chi connectivity index (χ1n) is 7.29. The van der Waals surface area contributed by atoms with Crippen molar-refractivity contribution < 1.29 is 24.2 Å². The molecule has 5 nitrogen and oxygen atoms in total. The Bertz CT molecular complexity index is 371. The van der Waals surface area contributed by atoms with E-state index in [0.717, 1.165) is 18.9 Å². The lowest BCUT2D eigenvalue weighted by Gasteiger charge is -2.06. The number of hydrogen-bond donors (Lipinski definition) is 1. The van der Waals surface area contributed by atoms with Crippen LogP contribution in [-0.2, 0) is 19.1 Å². The minimum absolute atomic E-state index is 0.0504. The predicted molar refractivity (Wildman–Crippen MR) is 80.6 cm³/mol. The fourth-order valence-electron chi connectivity index (χ4n) is 1.75. The average molecular weight is 298 g/mol. The highest BCUT2D eigenvalue weighted by molar-refractivity contribution is 5.98. The molecule has 1 N–H and O–H groups in total. The molecule has 0 saturated carbocycles. The van der Waals surface area contributed by atoms with Crippen molar-refractivity contribution in [3.8, 4) is 0 Å². The minimum atomic E-state index is -0.646. The zero-order valence-corrected chi connectivity index (χ0v) is 13.1. The second-order valence-electron chi connectivity index (χ2n) is 4.74. The molecule has 0 saturated heterocycles. The van der Waals surface area contributed by atoms with Gasteiger partial charge in [0, 0.05) is 6.08 Å². The molecule has 0 aromatic carbocycles. The van der Waals surface area contributed by atoms with Crippen LogP contribution in [-0.4, -0.2) is 37.4 Å². The molecule has 0 bridgehead atoms. The quantitative estimate of drug-likeness (QED) is 0.290. The van der Waals surface area contributed by atoms with Crippen LogP contribution in [0.2, 0.25) is 0 Å². The third kappa shape index (κ3) is 9.85. The second-order valence-corrected chi connectivity index (χ2v) is 4.74. The number of aliphatic hydroxyl groups excluding tert-OH is 1. The van der Waals surface area contributed by atoms with Gasteiger partial charge < -0.3 is 14.6 Å². The topological polar surface area (TPSA) is 72.8 Å². The number of carbonyl (C=O) groups excluding carboxylic acids is 2. The van der Waals surface area contributed by atoms with Gasteiger partial charge in [-0.05, 0) is 12.5 Å². The summed E-state index contributed by atoms with van der Waals surface area (Å²) < 4.78 is 9.03. The summed E-state index contributed by atoms with van der Waals surface area (Å²) in [6.45, 7) is 2.15. The van der Waals surface area contributed by atoms with Gasteiger partial charge in [0.1, 0.15) is 0 Å². The molecule has 1 unspecified atom stereocenters. The van der Waals surface area contributed by atoms with Crippen LogP contribution in [0.3, 0.4) is 0 Å². The van der Waals surface area contributed by atoms with Crippen molar-refractivity contribution in [2.75, 3.05) is 14.2 Å². The van der Waals surface area contributed by atoms with Crippen LogP contribution >= 0.6 is 0 Å². The van der Waals surface area contributed by atoms with Crippen LogP contribution in [0, 0.1) is 0 Å². The largest absolute Gasteiger partial charge is 0.466 e. The number of ether oxygens (including phenoxy) is 2. The first kappa shape index (κ1) is 19.4. The van der Waals surface area contributed by atoms with E-state index in [1.54, 1.807) is 0 Å². The Kier molecular flexibility index (Phi) is 11.2. The molecule has 0 heterocycles. The number of carbonyl (C=O) groups is 2. The van der Waals surface area contributed by atoms with Gasteiger partial charge in [0.25, 0.3) is 0 Å². The maximum absolute atomic E-state index is 11.5. The van der Waals surface area contributed by atoms with Crippen molar-refractivity contribution in [1.29, 1.82) is 0 Å². The van der Waals surface area contributed by atoms with Gasteiger partial charge in [-0.15, -0.1) is 0 Å². The molecule has 120 valence electrons. The van der Waals surface area contributed by atoms with Gasteiger partial charge in [-0.1, -0.05) is 45.1 Å². The van der Waals surface area contributed by atoms with E-state index in [0.29, 0.717) is 6.42 Å². The van der Waals surface area contributed by atoms with Crippen molar-refractivity contribution in [3.05, 3.63) is 23.8 Å². The van der Waals surface area contributed by atoms with E-state index in [1.807, 2.05) is 0 Å². The van der Waals surface area contributed by atoms with Crippen molar-refractivity contribution in [2.45, 2.75) is 51.6 Å². The lowest BCUT2D eigenvalue weighted by atomic mass is 10.1. The van der Waals surface area contributed by atoms with E-state index in [9.17, 15) is 14.7 Å². The molecule has 0 aromatic rings. The SMILES string of the molecule is CCCCCCCC(O)/C=C/C(=CC(=O)OC)C(=O)OC. The highest BCUT2D eigenvalue weighted by Gasteiger charge is 2.10. The Morgan fingerprint density at radius 1 is 1.10 bits per heavy atom. The van der Waals surface area contributed by atoms with Crippen LogP contribution in [0.15, 0.2) is 23.8 Å². The van der Waals surface area contributed by atoms with Gasteiger partial charge >= 0.3 is 11.9 Å². The van der Waals surface area contributed by atoms with Gasteiger partial charge in [-0.25, -0.2) is 9.59 Å². The van der Waals surface area contributed by atoms with Crippen LogP contribution in [0.25, 0.3) is 0 Å². The van der Waals surface area contributed by atoms with E-state index in [-0.39, 0.29) is 5.57 Å². The molecule has 0 aliphatic heterocycles. The summed E-state index contributed by atoms with van der Waals surface area (Å²) in [5, 5.41) is 9.82. The van der Waals surface area contributed by atoms with Gasteiger partial charge in [0.05, 0.1) is 25.9 Å².